The number of nitrogen functional groups attached to an aromatic ring is 1. The van der Waals surface area contributed by atoms with Crippen LogP contribution in [0, 0.1) is 13.8 Å². The molecule has 1 aromatic heterocycles. The minimum Gasteiger partial charge on any atom is -0.497 e. The van der Waals surface area contributed by atoms with E-state index in [-0.39, 0.29) is 5.78 Å². The zero-order chi connectivity index (χ0) is 14.9. The molecular formula is C15H17NO3S. The molecule has 106 valence electrons. The molecule has 0 saturated carbocycles. The maximum atomic E-state index is 12.7. The number of anilines is 1. The molecule has 1 aromatic carbocycles. The summed E-state index contributed by atoms with van der Waals surface area (Å²) in [5, 5.41) is 0. The van der Waals surface area contributed by atoms with Crippen molar-refractivity contribution in [3.05, 3.63) is 39.1 Å². The molecule has 1 heterocycles. The van der Waals surface area contributed by atoms with E-state index in [1.807, 2.05) is 19.9 Å². The molecule has 5 heteroatoms. The van der Waals surface area contributed by atoms with E-state index >= 15 is 0 Å². The fraction of sp³-hybridized carbons (Fsp3) is 0.267. The number of hydrogen-bond acceptors (Lipinski definition) is 5. The third kappa shape index (κ3) is 2.49. The Morgan fingerprint density at radius 1 is 1.10 bits per heavy atom. The third-order valence-corrected chi connectivity index (χ3v) is 4.07. The first-order chi connectivity index (χ1) is 9.47. The molecule has 2 rings (SSSR count). The van der Waals surface area contributed by atoms with Gasteiger partial charge in [-0.3, -0.25) is 4.79 Å². The molecule has 2 aromatic rings. The molecule has 0 spiro atoms. The Labute approximate surface area is 122 Å². The Morgan fingerprint density at radius 2 is 1.80 bits per heavy atom. The summed E-state index contributed by atoms with van der Waals surface area (Å²) in [4.78, 5) is 14.7. The van der Waals surface area contributed by atoms with Crippen LogP contribution in [0.3, 0.4) is 0 Å². The van der Waals surface area contributed by atoms with Gasteiger partial charge in [-0.1, -0.05) is 0 Å². The Morgan fingerprint density at radius 3 is 2.30 bits per heavy atom. The number of carbonyl (C=O) groups excluding carboxylic acids is 1. The standard InChI is InChI=1S/C15H17NO3S/c1-8-5-11(9(2)20-8)15(17)12-6-10(18-3)7-13(19-4)14(12)16/h5-7H,16H2,1-4H3. The van der Waals surface area contributed by atoms with Gasteiger partial charge < -0.3 is 15.2 Å². The lowest BCUT2D eigenvalue weighted by Gasteiger charge is -2.12. The molecule has 0 aliphatic rings. The Kier molecular flexibility index (Phi) is 3.99. The van der Waals surface area contributed by atoms with Crippen LogP contribution < -0.4 is 15.2 Å². The summed E-state index contributed by atoms with van der Waals surface area (Å²) in [6.07, 6.45) is 0. The van der Waals surface area contributed by atoms with Gasteiger partial charge >= 0.3 is 0 Å². The van der Waals surface area contributed by atoms with Crippen molar-refractivity contribution in [1.82, 2.24) is 0 Å². The van der Waals surface area contributed by atoms with Crippen molar-refractivity contribution < 1.29 is 14.3 Å². The van der Waals surface area contributed by atoms with E-state index in [0.717, 1.165) is 9.75 Å². The van der Waals surface area contributed by atoms with E-state index in [1.54, 1.807) is 30.6 Å². The van der Waals surface area contributed by atoms with Crippen LogP contribution in [-0.4, -0.2) is 20.0 Å². The van der Waals surface area contributed by atoms with Gasteiger partial charge in [-0.15, -0.1) is 11.3 Å². The highest BCUT2D eigenvalue weighted by Crippen LogP contribution is 2.34. The van der Waals surface area contributed by atoms with E-state index in [9.17, 15) is 4.79 Å². The third-order valence-electron chi connectivity index (χ3n) is 3.10. The first-order valence-corrected chi connectivity index (χ1v) is 6.92. The highest BCUT2D eigenvalue weighted by atomic mass is 32.1. The van der Waals surface area contributed by atoms with Gasteiger partial charge in [-0.25, -0.2) is 0 Å². The van der Waals surface area contributed by atoms with Gasteiger partial charge in [0.2, 0.25) is 0 Å². The number of benzene rings is 1. The molecule has 0 unspecified atom stereocenters. The smallest absolute Gasteiger partial charge is 0.196 e. The number of ketones is 1. The molecule has 0 amide bonds. The van der Waals surface area contributed by atoms with Crippen molar-refractivity contribution in [1.29, 1.82) is 0 Å². The Bertz CT molecular complexity index is 661. The molecule has 0 saturated heterocycles. The second-order valence-corrected chi connectivity index (χ2v) is 5.91. The second kappa shape index (κ2) is 5.54. The number of carbonyl (C=O) groups is 1. The van der Waals surface area contributed by atoms with E-state index in [2.05, 4.69) is 0 Å². The number of methoxy groups -OCH3 is 2. The average Bonchev–Trinajstić information content (AvgIpc) is 2.77. The van der Waals surface area contributed by atoms with Crippen molar-refractivity contribution in [3.8, 4) is 11.5 Å². The maximum absolute atomic E-state index is 12.7. The number of thiophene rings is 1. The Hall–Kier alpha value is -2.01. The maximum Gasteiger partial charge on any atom is 0.196 e. The molecule has 20 heavy (non-hydrogen) atoms. The lowest BCUT2D eigenvalue weighted by Crippen LogP contribution is -2.07. The van der Waals surface area contributed by atoms with Gasteiger partial charge in [0.25, 0.3) is 0 Å². The quantitative estimate of drug-likeness (QED) is 0.694. The van der Waals surface area contributed by atoms with Gasteiger partial charge in [0.15, 0.2) is 5.78 Å². The summed E-state index contributed by atoms with van der Waals surface area (Å²) in [5.74, 6) is 0.878. The minimum atomic E-state index is -0.110. The molecule has 0 fully saturated rings. The average molecular weight is 291 g/mol. The first-order valence-electron chi connectivity index (χ1n) is 6.11. The zero-order valence-corrected chi connectivity index (χ0v) is 12.8. The van der Waals surface area contributed by atoms with Crippen LogP contribution in [0.1, 0.15) is 25.7 Å². The van der Waals surface area contributed by atoms with Gasteiger partial charge in [0, 0.05) is 21.4 Å². The van der Waals surface area contributed by atoms with Crippen molar-refractivity contribution in [3.63, 3.8) is 0 Å². The number of nitrogens with two attached hydrogens (primary N) is 1. The van der Waals surface area contributed by atoms with E-state index in [1.165, 1.54) is 7.11 Å². The van der Waals surface area contributed by atoms with E-state index in [4.69, 9.17) is 15.2 Å². The van der Waals surface area contributed by atoms with Gasteiger partial charge in [0.1, 0.15) is 11.5 Å². The zero-order valence-electron chi connectivity index (χ0n) is 11.9. The van der Waals surface area contributed by atoms with Crippen LogP contribution in [0.2, 0.25) is 0 Å². The lowest BCUT2D eigenvalue weighted by atomic mass is 10.0. The summed E-state index contributed by atoms with van der Waals surface area (Å²) < 4.78 is 10.4. The molecule has 0 aliphatic heterocycles. The SMILES string of the molecule is COc1cc(OC)c(N)c(C(=O)c2cc(C)sc2C)c1. The summed E-state index contributed by atoms with van der Waals surface area (Å²) in [6, 6.07) is 5.19. The van der Waals surface area contributed by atoms with E-state index < -0.39 is 0 Å². The summed E-state index contributed by atoms with van der Waals surface area (Å²) >= 11 is 1.59. The van der Waals surface area contributed by atoms with Crippen molar-refractivity contribution >= 4 is 22.8 Å². The van der Waals surface area contributed by atoms with Crippen LogP contribution in [0.25, 0.3) is 0 Å². The summed E-state index contributed by atoms with van der Waals surface area (Å²) in [7, 11) is 3.05. The molecule has 2 N–H and O–H groups in total. The molecule has 0 bridgehead atoms. The second-order valence-electron chi connectivity index (χ2n) is 4.45. The molecular weight excluding hydrogens is 274 g/mol. The van der Waals surface area contributed by atoms with Crippen LogP contribution >= 0.6 is 11.3 Å². The monoisotopic (exact) mass is 291 g/mol. The Balaban J connectivity index is 2.56. The van der Waals surface area contributed by atoms with Crippen molar-refractivity contribution in [2.45, 2.75) is 13.8 Å². The van der Waals surface area contributed by atoms with Crippen molar-refractivity contribution in [2.24, 2.45) is 0 Å². The van der Waals surface area contributed by atoms with Crippen molar-refractivity contribution in [2.75, 3.05) is 20.0 Å². The highest BCUT2D eigenvalue weighted by Gasteiger charge is 2.20. The number of ether oxygens (including phenoxy) is 2. The fourth-order valence-corrected chi connectivity index (χ4v) is 3.00. The molecule has 4 nitrogen and oxygen atoms in total. The number of hydrogen-bond donors (Lipinski definition) is 1. The first kappa shape index (κ1) is 14.4. The normalized spacial score (nSPS) is 10.4. The number of aryl methyl sites for hydroxylation is 2. The van der Waals surface area contributed by atoms with Crippen LogP contribution in [-0.2, 0) is 0 Å². The molecule has 0 aliphatic carbocycles. The predicted octanol–water partition coefficient (Wildman–Crippen LogP) is 3.20. The molecule has 0 radical (unpaired) electrons. The minimum absolute atomic E-state index is 0.110. The molecule has 0 atom stereocenters. The fourth-order valence-electron chi connectivity index (χ4n) is 2.08. The predicted molar refractivity (Wildman–Crippen MR) is 81.2 cm³/mol. The van der Waals surface area contributed by atoms with Gasteiger partial charge in [-0.05, 0) is 26.0 Å². The number of rotatable bonds is 4. The summed E-state index contributed by atoms with van der Waals surface area (Å²) in [5.41, 5.74) is 7.43. The largest absolute Gasteiger partial charge is 0.497 e. The van der Waals surface area contributed by atoms with Gasteiger partial charge in [0.05, 0.1) is 25.5 Å². The van der Waals surface area contributed by atoms with E-state index in [0.29, 0.717) is 28.3 Å². The van der Waals surface area contributed by atoms with Crippen LogP contribution in [0.5, 0.6) is 11.5 Å². The van der Waals surface area contributed by atoms with Crippen LogP contribution in [0.15, 0.2) is 18.2 Å². The topological polar surface area (TPSA) is 61.6 Å². The highest BCUT2D eigenvalue weighted by molar-refractivity contribution is 7.12. The summed E-state index contributed by atoms with van der Waals surface area (Å²) in [6.45, 7) is 3.91. The van der Waals surface area contributed by atoms with Crippen LogP contribution in [0.4, 0.5) is 5.69 Å². The van der Waals surface area contributed by atoms with Gasteiger partial charge in [-0.2, -0.15) is 0 Å². The lowest BCUT2D eigenvalue weighted by molar-refractivity contribution is 0.103.